The standard InChI is InChI=1S/C14H20O4/c1-10(15)12-3-4-13(14(7-12)16-2)18-9-11-5-6-17-8-11/h3-4,7,10-11,15H,5-6,8-9H2,1-2H3/t10-,11?/m1/s1. The number of methoxy groups -OCH3 is 1. The van der Waals surface area contributed by atoms with Crippen LogP contribution < -0.4 is 9.47 Å². The lowest BCUT2D eigenvalue weighted by molar-refractivity contribution is 0.165. The van der Waals surface area contributed by atoms with Crippen molar-refractivity contribution in [2.24, 2.45) is 5.92 Å². The molecular weight excluding hydrogens is 232 g/mol. The number of aliphatic hydroxyl groups is 1. The van der Waals surface area contributed by atoms with Gasteiger partial charge in [0, 0.05) is 12.5 Å². The van der Waals surface area contributed by atoms with Gasteiger partial charge >= 0.3 is 0 Å². The molecule has 0 aromatic heterocycles. The van der Waals surface area contributed by atoms with Gasteiger partial charge in [0.2, 0.25) is 0 Å². The van der Waals surface area contributed by atoms with E-state index in [4.69, 9.17) is 14.2 Å². The predicted molar refractivity (Wildman–Crippen MR) is 68.0 cm³/mol. The summed E-state index contributed by atoms with van der Waals surface area (Å²) in [6.07, 6.45) is 0.546. The topological polar surface area (TPSA) is 47.9 Å². The second-order valence-corrected chi connectivity index (χ2v) is 4.63. The molecule has 1 aromatic carbocycles. The first-order valence-corrected chi connectivity index (χ1v) is 6.27. The maximum Gasteiger partial charge on any atom is 0.161 e. The van der Waals surface area contributed by atoms with Crippen LogP contribution in [0.1, 0.15) is 25.0 Å². The van der Waals surface area contributed by atoms with Crippen LogP contribution in [0.5, 0.6) is 11.5 Å². The van der Waals surface area contributed by atoms with Gasteiger partial charge in [-0.1, -0.05) is 6.07 Å². The first-order valence-electron chi connectivity index (χ1n) is 6.27. The Hall–Kier alpha value is -1.26. The van der Waals surface area contributed by atoms with Gasteiger partial charge in [0.05, 0.1) is 26.4 Å². The third kappa shape index (κ3) is 3.15. The summed E-state index contributed by atoms with van der Waals surface area (Å²) in [6.45, 7) is 3.97. The van der Waals surface area contributed by atoms with Gasteiger partial charge in [0.1, 0.15) is 0 Å². The average molecular weight is 252 g/mol. The third-order valence-corrected chi connectivity index (χ3v) is 3.17. The molecule has 0 saturated carbocycles. The van der Waals surface area contributed by atoms with Crippen molar-refractivity contribution in [3.8, 4) is 11.5 Å². The summed E-state index contributed by atoms with van der Waals surface area (Å²) in [5.41, 5.74) is 0.823. The smallest absolute Gasteiger partial charge is 0.161 e. The highest BCUT2D eigenvalue weighted by Gasteiger charge is 2.17. The fourth-order valence-corrected chi connectivity index (χ4v) is 1.99. The summed E-state index contributed by atoms with van der Waals surface area (Å²) in [4.78, 5) is 0. The molecule has 1 fully saturated rings. The molecule has 1 saturated heterocycles. The van der Waals surface area contributed by atoms with Crippen molar-refractivity contribution in [3.05, 3.63) is 23.8 Å². The van der Waals surface area contributed by atoms with Crippen LogP contribution in [0.2, 0.25) is 0 Å². The molecule has 4 heteroatoms. The molecular formula is C14H20O4. The Labute approximate surface area is 107 Å². The zero-order valence-electron chi connectivity index (χ0n) is 10.9. The number of benzene rings is 1. The van der Waals surface area contributed by atoms with Crippen LogP contribution in [0, 0.1) is 5.92 Å². The molecule has 0 radical (unpaired) electrons. The molecule has 1 heterocycles. The summed E-state index contributed by atoms with van der Waals surface area (Å²) >= 11 is 0. The van der Waals surface area contributed by atoms with Crippen molar-refractivity contribution in [3.63, 3.8) is 0 Å². The van der Waals surface area contributed by atoms with E-state index in [0.717, 1.165) is 25.2 Å². The monoisotopic (exact) mass is 252 g/mol. The van der Waals surface area contributed by atoms with Gasteiger partial charge in [-0.2, -0.15) is 0 Å². The first kappa shape index (κ1) is 13.2. The molecule has 1 unspecified atom stereocenters. The largest absolute Gasteiger partial charge is 0.493 e. The molecule has 2 atom stereocenters. The van der Waals surface area contributed by atoms with E-state index in [1.807, 2.05) is 18.2 Å². The second kappa shape index (κ2) is 6.07. The van der Waals surface area contributed by atoms with Gasteiger partial charge in [-0.25, -0.2) is 0 Å². The van der Waals surface area contributed by atoms with E-state index in [-0.39, 0.29) is 0 Å². The molecule has 1 aliphatic heterocycles. The Morgan fingerprint density at radius 1 is 1.44 bits per heavy atom. The van der Waals surface area contributed by atoms with Crippen LogP contribution >= 0.6 is 0 Å². The summed E-state index contributed by atoms with van der Waals surface area (Å²) in [5.74, 6) is 1.84. The number of hydrogen-bond donors (Lipinski definition) is 1. The molecule has 4 nitrogen and oxygen atoms in total. The number of aliphatic hydroxyl groups excluding tert-OH is 1. The quantitative estimate of drug-likeness (QED) is 0.872. The van der Waals surface area contributed by atoms with Gasteiger partial charge in [-0.15, -0.1) is 0 Å². The van der Waals surface area contributed by atoms with Gasteiger partial charge in [0.15, 0.2) is 11.5 Å². The van der Waals surface area contributed by atoms with Crippen LogP contribution in [0.3, 0.4) is 0 Å². The van der Waals surface area contributed by atoms with Crippen molar-refractivity contribution in [1.29, 1.82) is 0 Å². The lowest BCUT2D eigenvalue weighted by atomic mass is 10.1. The molecule has 100 valence electrons. The molecule has 0 bridgehead atoms. The van der Waals surface area contributed by atoms with Crippen molar-refractivity contribution in [1.82, 2.24) is 0 Å². The Morgan fingerprint density at radius 3 is 2.89 bits per heavy atom. The predicted octanol–water partition coefficient (Wildman–Crippen LogP) is 2.16. The average Bonchev–Trinajstić information content (AvgIpc) is 2.89. The Bertz CT molecular complexity index is 383. The van der Waals surface area contributed by atoms with Crippen LogP contribution in [0.25, 0.3) is 0 Å². The number of ether oxygens (including phenoxy) is 3. The highest BCUT2D eigenvalue weighted by Crippen LogP contribution is 2.31. The van der Waals surface area contributed by atoms with Crippen LogP contribution in [-0.4, -0.2) is 32.0 Å². The highest BCUT2D eigenvalue weighted by molar-refractivity contribution is 5.43. The van der Waals surface area contributed by atoms with Crippen molar-refractivity contribution >= 4 is 0 Å². The van der Waals surface area contributed by atoms with Crippen molar-refractivity contribution in [2.45, 2.75) is 19.4 Å². The molecule has 1 aliphatic rings. The van der Waals surface area contributed by atoms with Crippen LogP contribution in [0.4, 0.5) is 0 Å². The van der Waals surface area contributed by atoms with Crippen molar-refractivity contribution < 1.29 is 19.3 Å². The second-order valence-electron chi connectivity index (χ2n) is 4.63. The first-order chi connectivity index (χ1) is 8.70. The Kier molecular flexibility index (Phi) is 4.44. The summed E-state index contributed by atoms with van der Waals surface area (Å²) < 4.78 is 16.4. The fourth-order valence-electron chi connectivity index (χ4n) is 1.99. The molecule has 1 aromatic rings. The van der Waals surface area contributed by atoms with Crippen LogP contribution in [-0.2, 0) is 4.74 Å². The zero-order valence-corrected chi connectivity index (χ0v) is 10.9. The SMILES string of the molecule is COc1cc([C@@H](C)O)ccc1OCC1CCOC1. The van der Waals surface area contributed by atoms with E-state index in [9.17, 15) is 5.11 Å². The number of hydrogen-bond acceptors (Lipinski definition) is 4. The van der Waals surface area contributed by atoms with Gasteiger partial charge in [-0.05, 0) is 31.0 Å². The molecule has 0 spiro atoms. The zero-order chi connectivity index (χ0) is 13.0. The van der Waals surface area contributed by atoms with Gasteiger partial charge < -0.3 is 19.3 Å². The van der Waals surface area contributed by atoms with E-state index >= 15 is 0 Å². The van der Waals surface area contributed by atoms with E-state index in [1.165, 1.54) is 0 Å². The van der Waals surface area contributed by atoms with E-state index in [2.05, 4.69) is 0 Å². The molecule has 1 N–H and O–H groups in total. The van der Waals surface area contributed by atoms with Crippen LogP contribution in [0.15, 0.2) is 18.2 Å². The molecule has 0 amide bonds. The van der Waals surface area contributed by atoms with E-state index < -0.39 is 6.10 Å². The maximum absolute atomic E-state index is 9.52. The van der Waals surface area contributed by atoms with Crippen molar-refractivity contribution in [2.75, 3.05) is 26.9 Å². The fraction of sp³-hybridized carbons (Fsp3) is 0.571. The molecule has 18 heavy (non-hydrogen) atoms. The minimum Gasteiger partial charge on any atom is -0.493 e. The highest BCUT2D eigenvalue weighted by atomic mass is 16.5. The third-order valence-electron chi connectivity index (χ3n) is 3.17. The van der Waals surface area contributed by atoms with E-state index in [0.29, 0.717) is 24.0 Å². The normalized spacial score (nSPS) is 20.7. The molecule has 2 rings (SSSR count). The Balaban J connectivity index is 2.02. The summed E-state index contributed by atoms with van der Waals surface area (Å²) in [7, 11) is 1.60. The Morgan fingerprint density at radius 2 is 2.28 bits per heavy atom. The summed E-state index contributed by atoms with van der Waals surface area (Å²) in [6, 6.07) is 5.51. The van der Waals surface area contributed by atoms with E-state index in [1.54, 1.807) is 14.0 Å². The maximum atomic E-state index is 9.52. The van der Waals surface area contributed by atoms with Gasteiger partial charge in [0.25, 0.3) is 0 Å². The minimum atomic E-state index is -0.504. The molecule has 0 aliphatic carbocycles. The lowest BCUT2D eigenvalue weighted by Crippen LogP contribution is -2.12. The van der Waals surface area contributed by atoms with Gasteiger partial charge in [-0.3, -0.25) is 0 Å². The minimum absolute atomic E-state index is 0.464. The number of rotatable bonds is 5. The lowest BCUT2D eigenvalue weighted by Gasteiger charge is -2.15. The summed E-state index contributed by atoms with van der Waals surface area (Å²) in [5, 5.41) is 9.52.